The van der Waals surface area contributed by atoms with E-state index in [-0.39, 0.29) is 26.4 Å². The molecule has 6 rings (SSSR count). The van der Waals surface area contributed by atoms with E-state index in [9.17, 15) is 9.59 Å². The van der Waals surface area contributed by atoms with Gasteiger partial charge in [0.15, 0.2) is 0 Å². The summed E-state index contributed by atoms with van der Waals surface area (Å²) in [5.74, 6) is 0.452. The molecule has 6 aromatic carbocycles. The molecule has 0 aliphatic carbocycles. The average Bonchev–Trinajstić information content (AvgIpc) is 3.14. The van der Waals surface area contributed by atoms with Gasteiger partial charge in [0.2, 0.25) is 0 Å². The van der Waals surface area contributed by atoms with Gasteiger partial charge in [0.05, 0.1) is 0 Å². The van der Waals surface area contributed by atoms with Crippen molar-refractivity contribution < 1.29 is 28.5 Å². The number of benzene rings is 6. The molecular formula is C42H34O6. The molecule has 238 valence electrons. The van der Waals surface area contributed by atoms with Crippen LogP contribution in [0.15, 0.2) is 147 Å². The quantitative estimate of drug-likeness (QED) is 0.0717. The molecule has 6 heteroatoms. The van der Waals surface area contributed by atoms with Crippen LogP contribution in [0, 0.1) is 0 Å². The minimum Gasteiger partial charge on any atom is -0.490 e. The third-order valence-corrected chi connectivity index (χ3v) is 7.96. The second-order valence-corrected chi connectivity index (χ2v) is 10.9. The summed E-state index contributed by atoms with van der Waals surface area (Å²) in [7, 11) is 0. The topological polar surface area (TPSA) is 71.1 Å². The molecule has 0 bridgehead atoms. The van der Waals surface area contributed by atoms with Crippen molar-refractivity contribution in [1.82, 2.24) is 0 Å². The van der Waals surface area contributed by atoms with Gasteiger partial charge >= 0.3 is 11.9 Å². The molecule has 0 aliphatic heterocycles. The van der Waals surface area contributed by atoms with Crippen molar-refractivity contribution in [1.29, 1.82) is 0 Å². The summed E-state index contributed by atoms with van der Waals surface area (Å²) >= 11 is 0. The fourth-order valence-corrected chi connectivity index (χ4v) is 5.73. The molecule has 0 unspecified atom stereocenters. The van der Waals surface area contributed by atoms with E-state index in [4.69, 9.17) is 18.9 Å². The van der Waals surface area contributed by atoms with Crippen LogP contribution in [0.3, 0.4) is 0 Å². The molecule has 0 heterocycles. The predicted molar refractivity (Wildman–Crippen MR) is 191 cm³/mol. The third-order valence-electron chi connectivity index (χ3n) is 7.96. The van der Waals surface area contributed by atoms with Crippen LogP contribution in [0.2, 0.25) is 0 Å². The molecule has 0 spiro atoms. The molecule has 0 aromatic heterocycles. The first-order chi connectivity index (χ1) is 23.6. The number of hydrogen-bond acceptors (Lipinski definition) is 6. The second kappa shape index (κ2) is 15.0. The summed E-state index contributed by atoms with van der Waals surface area (Å²) in [6.07, 6.45) is 2.27. The van der Waals surface area contributed by atoms with Crippen LogP contribution in [-0.4, -0.2) is 38.4 Å². The lowest BCUT2D eigenvalue weighted by atomic mass is 9.86. The Hall–Kier alpha value is -6.14. The highest BCUT2D eigenvalue weighted by Crippen LogP contribution is 2.43. The smallest absolute Gasteiger partial charge is 0.330 e. The van der Waals surface area contributed by atoms with E-state index in [0.717, 1.165) is 67.1 Å². The lowest BCUT2D eigenvalue weighted by Gasteiger charge is -2.19. The van der Waals surface area contributed by atoms with Crippen molar-refractivity contribution in [2.24, 2.45) is 0 Å². The Morgan fingerprint density at radius 1 is 0.500 bits per heavy atom. The Balaban J connectivity index is 1.38. The maximum atomic E-state index is 11.5. The molecule has 6 aromatic rings. The van der Waals surface area contributed by atoms with Crippen LogP contribution >= 0.6 is 0 Å². The summed E-state index contributed by atoms with van der Waals surface area (Å²) in [6.45, 7) is 7.59. The van der Waals surface area contributed by atoms with Gasteiger partial charge in [0.25, 0.3) is 0 Å². The molecule has 0 amide bonds. The summed E-state index contributed by atoms with van der Waals surface area (Å²) in [5.41, 5.74) is 6.49. The molecule has 0 saturated carbocycles. The van der Waals surface area contributed by atoms with E-state index in [2.05, 4.69) is 79.9 Å². The second-order valence-electron chi connectivity index (χ2n) is 10.9. The summed E-state index contributed by atoms with van der Waals surface area (Å²) < 4.78 is 22.0. The molecule has 0 saturated heterocycles. The van der Waals surface area contributed by atoms with Crippen LogP contribution in [0.25, 0.3) is 54.9 Å². The normalized spacial score (nSPS) is 10.8. The van der Waals surface area contributed by atoms with Gasteiger partial charge in [0.1, 0.15) is 37.9 Å². The fourth-order valence-electron chi connectivity index (χ4n) is 5.73. The number of esters is 2. The largest absolute Gasteiger partial charge is 0.490 e. The van der Waals surface area contributed by atoms with Crippen LogP contribution in [0.4, 0.5) is 0 Å². The molecule has 0 atom stereocenters. The van der Waals surface area contributed by atoms with E-state index in [1.54, 1.807) is 0 Å². The van der Waals surface area contributed by atoms with E-state index in [1.165, 1.54) is 0 Å². The van der Waals surface area contributed by atoms with Crippen molar-refractivity contribution in [2.45, 2.75) is 0 Å². The number of carbonyl (C=O) groups is 2. The van der Waals surface area contributed by atoms with Crippen molar-refractivity contribution in [3.8, 4) is 44.9 Å². The van der Waals surface area contributed by atoms with Gasteiger partial charge in [-0.1, -0.05) is 104 Å². The minimum atomic E-state index is -0.476. The zero-order valence-corrected chi connectivity index (χ0v) is 26.4. The number of fused-ring (bicyclic) bond motifs is 2. The SMILES string of the molecule is C=CC(=O)OCCOc1ccc(-c2ccccc2-c2cc3ccccc3cc2-c2ccc(OCCOC(=O)C=C)c3ccccc23)cc1. The fraction of sp³-hybridized carbons (Fsp3) is 0.0952. The molecule has 0 fully saturated rings. The van der Waals surface area contributed by atoms with Crippen molar-refractivity contribution in [3.05, 3.63) is 147 Å². The maximum Gasteiger partial charge on any atom is 0.330 e. The molecule has 0 radical (unpaired) electrons. The van der Waals surface area contributed by atoms with Crippen LogP contribution < -0.4 is 9.47 Å². The summed E-state index contributed by atoms with van der Waals surface area (Å²) in [6, 6.07) is 41.5. The number of ether oxygens (including phenoxy) is 4. The Labute approximate surface area is 279 Å². The van der Waals surface area contributed by atoms with Gasteiger partial charge in [-0.3, -0.25) is 0 Å². The molecular weight excluding hydrogens is 600 g/mol. The highest BCUT2D eigenvalue weighted by atomic mass is 16.6. The molecule has 48 heavy (non-hydrogen) atoms. The van der Waals surface area contributed by atoms with E-state index in [1.807, 2.05) is 54.6 Å². The Bertz CT molecular complexity index is 2110. The third kappa shape index (κ3) is 7.13. The number of carbonyl (C=O) groups excluding carboxylic acids is 2. The van der Waals surface area contributed by atoms with Gasteiger partial charge in [0, 0.05) is 17.5 Å². The highest BCUT2D eigenvalue weighted by Gasteiger charge is 2.17. The van der Waals surface area contributed by atoms with Crippen molar-refractivity contribution >= 4 is 33.5 Å². The minimum absolute atomic E-state index is 0.130. The van der Waals surface area contributed by atoms with Crippen LogP contribution in [0.5, 0.6) is 11.5 Å². The number of rotatable bonds is 13. The van der Waals surface area contributed by atoms with E-state index >= 15 is 0 Å². The van der Waals surface area contributed by atoms with Gasteiger partial charge in [-0.05, 0) is 79.9 Å². The van der Waals surface area contributed by atoms with Gasteiger partial charge in [-0.25, -0.2) is 9.59 Å². The Kier molecular flexibility index (Phi) is 9.92. The zero-order chi connectivity index (χ0) is 33.3. The van der Waals surface area contributed by atoms with Crippen molar-refractivity contribution in [2.75, 3.05) is 26.4 Å². The first-order valence-corrected chi connectivity index (χ1v) is 15.6. The van der Waals surface area contributed by atoms with Crippen molar-refractivity contribution in [3.63, 3.8) is 0 Å². The molecule has 6 nitrogen and oxygen atoms in total. The Morgan fingerprint density at radius 2 is 1.04 bits per heavy atom. The standard InChI is InChI=1S/C42H34O6/c1-3-41(43)47-25-23-45-32-19-17-29(18-20-32)33-13-7-8-14-34(33)38-27-30-11-5-6-12-31(30)28-39(38)36-21-22-40(37-16-10-9-15-35(36)37)46-24-26-48-42(44)4-2/h3-22,27-28H,1-2,23-26H2. The zero-order valence-electron chi connectivity index (χ0n) is 26.4. The molecule has 0 aliphatic rings. The monoisotopic (exact) mass is 634 g/mol. The number of hydrogen-bond donors (Lipinski definition) is 0. The van der Waals surface area contributed by atoms with Crippen LogP contribution in [-0.2, 0) is 19.1 Å². The average molecular weight is 635 g/mol. The highest BCUT2D eigenvalue weighted by molar-refractivity contribution is 6.07. The first kappa shape index (κ1) is 31.8. The van der Waals surface area contributed by atoms with Gasteiger partial charge < -0.3 is 18.9 Å². The van der Waals surface area contributed by atoms with Crippen LogP contribution in [0.1, 0.15) is 0 Å². The first-order valence-electron chi connectivity index (χ1n) is 15.6. The Morgan fingerprint density at radius 3 is 1.69 bits per heavy atom. The molecule has 0 N–H and O–H groups in total. The lowest BCUT2D eigenvalue weighted by molar-refractivity contribution is -0.139. The predicted octanol–water partition coefficient (Wildman–Crippen LogP) is 9.21. The van der Waals surface area contributed by atoms with Gasteiger partial charge in [-0.15, -0.1) is 0 Å². The summed E-state index contributed by atoms with van der Waals surface area (Å²) in [5, 5.41) is 4.30. The summed E-state index contributed by atoms with van der Waals surface area (Å²) in [4.78, 5) is 22.8. The van der Waals surface area contributed by atoms with E-state index in [0.29, 0.717) is 11.5 Å². The van der Waals surface area contributed by atoms with E-state index < -0.39 is 11.9 Å². The van der Waals surface area contributed by atoms with Gasteiger partial charge in [-0.2, -0.15) is 0 Å². The lowest BCUT2D eigenvalue weighted by Crippen LogP contribution is -2.10. The maximum absolute atomic E-state index is 11.5.